The second-order valence-corrected chi connectivity index (χ2v) is 9.71. The van der Waals surface area contributed by atoms with Gasteiger partial charge in [0.25, 0.3) is 5.56 Å². The summed E-state index contributed by atoms with van der Waals surface area (Å²) in [7, 11) is 1.90. The summed E-state index contributed by atoms with van der Waals surface area (Å²) in [6, 6.07) is 28.8. The first-order valence-electron chi connectivity index (χ1n) is 12.3. The molecule has 0 N–H and O–H groups in total. The summed E-state index contributed by atoms with van der Waals surface area (Å²) in [6.07, 6.45) is 2.13. The summed E-state index contributed by atoms with van der Waals surface area (Å²) in [5.74, 6) is 0. The van der Waals surface area contributed by atoms with E-state index in [4.69, 9.17) is 4.99 Å². The van der Waals surface area contributed by atoms with Crippen LogP contribution < -0.4 is 10.4 Å². The molecule has 0 amide bonds. The molecule has 0 atom stereocenters. The minimum atomic E-state index is -0.106. The van der Waals surface area contributed by atoms with Gasteiger partial charge in [-0.25, -0.2) is 9.67 Å². The Hall–Kier alpha value is -3.90. The van der Waals surface area contributed by atoms with Gasteiger partial charge in [-0.2, -0.15) is 0 Å². The summed E-state index contributed by atoms with van der Waals surface area (Å²) in [4.78, 5) is 19.2. The van der Waals surface area contributed by atoms with E-state index in [-0.39, 0.29) is 5.56 Å². The Bertz CT molecular complexity index is 1590. The number of rotatable bonds is 7. The molecule has 6 heteroatoms. The third-order valence-electron chi connectivity index (χ3n) is 6.55. The number of hydrogen-bond donors (Lipinski definition) is 0. The van der Waals surface area contributed by atoms with Gasteiger partial charge in [0.05, 0.1) is 17.1 Å². The molecule has 0 aliphatic heterocycles. The number of para-hydroxylation sites is 1. The average molecular weight is 495 g/mol. The van der Waals surface area contributed by atoms with Crippen LogP contribution in [0.15, 0.2) is 100 Å². The van der Waals surface area contributed by atoms with Gasteiger partial charge < -0.3 is 4.57 Å². The Morgan fingerprint density at radius 3 is 2.11 bits per heavy atom. The molecule has 182 valence electrons. The van der Waals surface area contributed by atoms with Crippen molar-refractivity contribution in [3.63, 3.8) is 0 Å². The molecular weight excluding hydrogens is 464 g/mol. The smallest absolute Gasteiger partial charge is 0.297 e. The molecule has 3 aromatic carbocycles. The third-order valence-corrected chi connectivity index (χ3v) is 7.42. The molecule has 0 saturated heterocycles. The Balaban J connectivity index is 1.59. The molecule has 0 aliphatic rings. The highest BCUT2D eigenvalue weighted by molar-refractivity contribution is 7.07. The third kappa shape index (κ3) is 4.52. The SMILES string of the molecule is CCCCn1c(-c2ccc(-c3ccccc3)cc2)csc1=Nc1c(C)n(C)n(-c2ccccc2)c1=O. The van der Waals surface area contributed by atoms with Crippen molar-refractivity contribution in [2.45, 2.75) is 33.2 Å². The van der Waals surface area contributed by atoms with Crippen molar-refractivity contribution in [2.24, 2.45) is 12.0 Å². The molecule has 2 aromatic heterocycles. The quantitative estimate of drug-likeness (QED) is 0.248. The number of hydrogen-bond acceptors (Lipinski definition) is 3. The molecule has 0 radical (unpaired) electrons. The maximum absolute atomic E-state index is 13.4. The van der Waals surface area contributed by atoms with E-state index in [9.17, 15) is 4.79 Å². The van der Waals surface area contributed by atoms with E-state index < -0.39 is 0 Å². The molecule has 0 saturated carbocycles. The van der Waals surface area contributed by atoms with Crippen molar-refractivity contribution < 1.29 is 0 Å². The van der Waals surface area contributed by atoms with Gasteiger partial charge in [0.15, 0.2) is 10.5 Å². The van der Waals surface area contributed by atoms with Crippen molar-refractivity contribution in [3.8, 4) is 28.1 Å². The monoisotopic (exact) mass is 494 g/mol. The molecule has 36 heavy (non-hydrogen) atoms. The van der Waals surface area contributed by atoms with Gasteiger partial charge in [-0.1, -0.05) is 86.1 Å². The van der Waals surface area contributed by atoms with Gasteiger partial charge in [0, 0.05) is 19.0 Å². The lowest BCUT2D eigenvalue weighted by Crippen LogP contribution is -2.20. The van der Waals surface area contributed by atoms with Crippen molar-refractivity contribution in [2.75, 3.05) is 0 Å². The van der Waals surface area contributed by atoms with Gasteiger partial charge in [-0.05, 0) is 42.2 Å². The summed E-state index contributed by atoms with van der Waals surface area (Å²) >= 11 is 1.58. The van der Waals surface area contributed by atoms with Crippen LogP contribution >= 0.6 is 11.3 Å². The van der Waals surface area contributed by atoms with Gasteiger partial charge >= 0.3 is 0 Å². The van der Waals surface area contributed by atoms with E-state index in [0.717, 1.165) is 46.8 Å². The maximum Gasteiger partial charge on any atom is 0.297 e. The molecule has 0 fully saturated rings. The molecule has 0 aliphatic carbocycles. The Kier molecular flexibility index (Phi) is 6.87. The van der Waals surface area contributed by atoms with Crippen LogP contribution in [0.2, 0.25) is 0 Å². The zero-order valence-electron chi connectivity index (χ0n) is 20.9. The van der Waals surface area contributed by atoms with Crippen LogP contribution in [0.1, 0.15) is 25.5 Å². The first-order chi connectivity index (χ1) is 17.6. The summed E-state index contributed by atoms with van der Waals surface area (Å²) in [5.41, 5.74) is 6.73. The Labute approximate surface area is 215 Å². The fourth-order valence-corrected chi connectivity index (χ4v) is 5.37. The highest BCUT2D eigenvalue weighted by atomic mass is 32.1. The fraction of sp³-hybridized carbons (Fsp3) is 0.200. The molecule has 5 rings (SSSR count). The lowest BCUT2D eigenvalue weighted by molar-refractivity contribution is 0.623. The van der Waals surface area contributed by atoms with E-state index in [2.05, 4.69) is 65.4 Å². The second-order valence-electron chi connectivity index (χ2n) is 8.87. The normalized spacial score (nSPS) is 11.8. The summed E-state index contributed by atoms with van der Waals surface area (Å²) in [5, 5.41) is 2.15. The zero-order valence-corrected chi connectivity index (χ0v) is 21.7. The largest absolute Gasteiger partial charge is 0.316 e. The lowest BCUT2D eigenvalue weighted by Gasteiger charge is -2.09. The zero-order chi connectivity index (χ0) is 25.1. The molecule has 0 unspecified atom stereocenters. The van der Waals surface area contributed by atoms with Crippen molar-refractivity contribution in [1.82, 2.24) is 13.9 Å². The van der Waals surface area contributed by atoms with Crippen molar-refractivity contribution >= 4 is 17.0 Å². The highest BCUT2D eigenvalue weighted by Gasteiger charge is 2.17. The molecule has 2 heterocycles. The molecule has 5 nitrogen and oxygen atoms in total. The number of aromatic nitrogens is 3. The van der Waals surface area contributed by atoms with E-state index in [0.29, 0.717) is 5.69 Å². The highest BCUT2D eigenvalue weighted by Crippen LogP contribution is 2.26. The molecule has 0 spiro atoms. The van der Waals surface area contributed by atoms with Crippen LogP contribution in [0, 0.1) is 6.92 Å². The second kappa shape index (κ2) is 10.4. The number of nitrogens with zero attached hydrogens (tertiary/aromatic N) is 4. The molecular formula is C30H30N4OS. The minimum Gasteiger partial charge on any atom is -0.316 e. The minimum absolute atomic E-state index is 0.106. The van der Waals surface area contributed by atoms with Crippen molar-refractivity contribution in [1.29, 1.82) is 0 Å². The average Bonchev–Trinajstić information content (AvgIpc) is 3.42. The number of thiazole rings is 1. The maximum atomic E-state index is 13.4. The predicted octanol–water partition coefficient (Wildman–Crippen LogP) is 6.71. The number of unbranched alkanes of at least 4 members (excludes halogenated alkanes) is 1. The first kappa shape index (κ1) is 23.8. The van der Waals surface area contributed by atoms with Crippen molar-refractivity contribution in [3.05, 3.63) is 111 Å². The van der Waals surface area contributed by atoms with Crippen LogP contribution in [0.3, 0.4) is 0 Å². The van der Waals surface area contributed by atoms with Crippen LogP contribution in [-0.2, 0) is 13.6 Å². The van der Waals surface area contributed by atoms with E-state index >= 15 is 0 Å². The van der Waals surface area contributed by atoms with E-state index in [1.807, 2.05) is 55.1 Å². The van der Waals surface area contributed by atoms with E-state index in [1.165, 1.54) is 11.1 Å². The summed E-state index contributed by atoms with van der Waals surface area (Å²) < 4.78 is 5.81. The van der Waals surface area contributed by atoms with Gasteiger partial charge in [-0.15, -0.1) is 11.3 Å². The van der Waals surface area contributed by atoms with Gasteiger partial charge in [0.2, 0.25) is 0 Å². The fourth-order valence-electron chi connectivity index (χ4n) is 4.42. The lowest BCUT2D eigenvalue weighted by atomic mass is 10.0. The van der Waals surface area contributed by atoms with Crippen LogP contribution in [0.25, 0.3) is 28.1 Å². The number of benzene rings is 3. The Morgan fingerprint density at radius 2 is 1.44 bits per heavy atom. The summed E-state index contributed by atoms with van der Waals surface area (Å²) in [6.45, 7) is 5.00. The van der Waals surface area contributed by atoms with E-state index in [1.54, 1.807) is 16.0 Å². The van der Waals surface area contributed by atoms with Crippen LogP contribution in [-0.4, -0.2) is 13.9 Å². The van der Waals surface area contributed by atoms with Gasteiger partial charge in [0.1, 0.15) is 0 Å². The first-order valence-corrected chi connectivity index (χ1v) is 13.2. The molecule has 0 bridgehead atoms. The van der Waals surface area contributed by atoms with Crippen LogP contribution in [0.4, 0.5) is 5.69 Å². The molecule has 5 aromatic rings. The topological polar surface area (TPSA) is 44.2 Å². The standard InChI is InChI=1S/C30H30N4OS/c1-4-5-20-33-27(25-18-16-24(17-19-25)23-12-8-6-9-13-23)21-36-30(33)31-28-22(2)32(3)34(29(28)35)26-14-10-7-11-15-26/h6-19,21H,4-5,20H2,1-3H3. The Morgan fingerprint density at radius 1 is 0.833 bits per heavy atom. The predicted molar refractivity (Wildman–Crippen MR) is 149 cm³/mol. The van der Waals surface area contributed by atoms with Gasteiger partial charge in [-0.3, -0.25) is 9.48 Å². The van der Waals surface area contributed by atoms with Crippen LogP contribution in [0.5, 0.6) is 0 Å².